The molecule has 5 heteroatoms. The highest BCUT2D eigenvalue weighted by molar-refractivity contribution is 5.77. The van der Waals surface area contributed by atoms with E-state index in [0.717, 1.165) is 32.7 Å². The van der Waals surface area contributed by atoms with Crippen LogP contribution in [0.5, 0.6) is 0 Å². The molecule has 1 rings (SSSR count). The minimum Gasteiger partial charge on any atom is -0.383 e. The highest BCUT2D eigenvalue weighted by Crippen LogP contribution is 2.13. The molecular weight excluding hydrogens is 220 g/mol. The van der Waals surface area contributed by atoms with E-state index in [1.54, 1.807) is 7.11 Å². The molecule has 1 heterocycles. The van der Waals surface area contributed by atoms with Crippen LogP contribution in [0.1, 0.15) is 6.42 Å². The van der Waals surface area contributed by atoms with Gasteiger partial charge < -0.3 is 14.4 Å². The molecule has 1 amide bonds. The Bertz CT molecular complexity index is 230. The predicted molar refractivity (Wildman–Crippen MR) is 65.9 cm³/mol. The summed E-state index contributed by atoms with van der Waals surface area (Å²) in [6.07, 6.45) is 1.07. The van der Waals surface area contributed by atoms with Gasteiger partial charge in [-0.1, -0.05) is 0 Å². The number of nitrogens with zero attached hydrogens (tertiary/aromatic N) is 2. The lowest BCUT2D eigenvalue weighted by atomic mass is 10.1. The van der Waals surface area contributed by atoms with Crippen LogP contribution in [0.25, 0.3) is 0 Å². The zero-order valence-electron chi connectivity index (χ0n) is 11.1. The molecule has 17 heavy (non-hydrogen) atoms. The standard InChI is InChI=1S/C12H24N2O3/c1-13(5-7-16-3)9-12(15)14(2)8-11-4-6-17-10-11/h11H,4-10H2,1-3H3/t11-/m1/s1. The Kier molecular flexibility index (Phi) is 6.47. The van der Waals surface area contributed by atoms with E-state index in [9.17, 15) is 4.79 Å². The van der Waals surface area contributed by atoms with Crippen molar-refractivity contribution < 1.29 is 14.3 Å². The maximum absolute atomic E-state index is 11.9. The van der Waals surface area contributed by atoms with E-state index in [1.165, 1.54) is 0 Å². The summed E-state index contributed by atoms with van der Waals surface area (Å²) in [6.45, 7) is 4.31. The average Bonchev–Trinajstić information content (AvgIpc) is 2.78. The van der Waals surface area contributed by atoms with E-state index in [4.69, 9.17) is 9.47 Å². The Balaban J connectivity index is 2.20. The molecule has 0 aromatic carbocycles. The van der Waals surface area contributed by atoms with Crippen LogP contribution >= 0.6 is 0 Å². The third-order valence-electron chi connectivity index (χ3n) is 3.06. The molecule has 0 N–H and O–H groups in total. The lowest BCUT2D eigenvalue weighted by molar-refractivity contribution is -0.131. The van der Waals surface area contributed by atoms with Gasteiger partial charge in [0.05, 0.1) is 19.8 Å². The normalized spacial score (nSPS) is 19.9. The molecule has 0 aromatic rings. The first-order valence-corrected chi connectivity index (χ1v) is 6.12. The number of carbonyl (C=O) groups excluding carboxylic acids is 1. The van der Waals surface area contributed by atoms with Crippen molar-refractivity contribution in [3.05, 3.63) is 0 Å². The van der Waals surface area contributed by atoms with Crippen LogP contribution in [0, 0.1) is 5.92 Å². The van der Waals surface area contributed by atoms with E-state index < -0.39 is 0 Å². The van der Waals surface area contributed by atoms with Crippen LogP contribution in [0.3, 0.4) is 0 Å². The minimum absolute atomic E-state index is 0.163. The third-order valence-corrected chi connectivity index (χ3v) is 3.06. The molecule has 0 spiro atoms. The molecule has 0 bridgehead atoms. The lowest BCUT2D eigenvalue weighted by Crippen LogP contribution is -2.40. The number of carbonyl (C=O) groups is 1. The van der Waals surface area contributed by atoms with Crippen molar-refractivity contribution in [3.8, 4) is 0 Å². The molecule has 0 radical (unpaired) electrons. The average molecular weight is 244 g/mol. The molecule has 0 aromatic heterocycles. The highest BCUT2D eigenvalue weighted by Gasteiger charge is 2.20. The summed E-state index contributed by atoms with van der Waals surface area (Å²) < 4.78 is 10.3. The fourth-order valence-electron chi connectivity index (χ4n) is 1.89. The van der Waals surface area contributed by atoms with Gasteiger partial charge in [0.2, 0.25) is 5.91 Å². The molecule has 0 saturated carbocycles. The van der Waals surface area contributed by atoms with Gasteiger partial charge in [0, 0.05) is 39.8 Å². The predicted octanol–water partition coefficient (Wildman–Crippen LogP) is 0.0595. The van der Waals surface area contributed by atoms with Gasteiger partial charge in [-0.2, -0.15) is 0 Å². The lowest BCUT2D eigenvalue weighted by Gasteiger charge is -2.23. The number of hydrogen-bond donors (Lipinski definition) is 0. The fourth-order valence-corrected chi connectivity index (χ4v) is 1.89. The summed E-state index contributed by atoms with van der Waals surface area (Å²) in [7, 11) is 5.47. The maximum atomic E-state index is 11.9. The fraction of sp³-hybridized carbons (Fsp3) is 0.917. The second-order valence-electron chi connectivity index (χ2n) is 4.73. The van der Waals surface area contributed by atoms with Gasteiger partial charge in [-0.3, -0.25) is 9.69 Å². The van der Waals surface area contributed by atoms with Crippen molar-refractivity contribution in [2.45, 2.75) is 6.42 Å². The van der Waals surface area contributed by atoms with E-state index in [-0.39, 0.29) is 5.91 Å². The van der Waals surface area contributed by atoms with Gasteiger partial charge in [0.15, 0.2) is 0 Å². The molecule has 1 fully saturated rings. The maximum Gasteiger partial charge on any atom is 0.236 e. The Hall–Kier alpha value is -0.650. The summed E-state index contributed by atoms with van der Waals surface area (Å²) in [6, 6.07) is 0. The van der Waals surface area contributed by atoms with Gasteiger partial charge in [0.1, 0.15) is 0 Å². The van der Waals surface area contributed by atoms with Gasteiger partial charge in [-0.05, 0) is 13.5 Å². The molecule has 100 valence electrons. The largest absolute Gasteiger partial charge is 0.383 e. The van der Waals surface area contributed by atoms with Crippen LogP contribution in [-0.2, 0) is 14.3 Å². The van der Waals surface area contributed by atoms with Crippen molar-refractivity contribution in [2.24, 2.45) is 5.92 Å². The quantitative estimate of drug-likeness (QED) is 0.635. The molecule has 1 aliphatic rings. The van der Waals surface area contributed by atoms with Gasteiger partial charge in [-0.15, -0.1) is 0 Å². The molecule has 1 aliphatic heterocycles. The summed E-state index contributed by atoms with van der Waals surface area (Å²) in [5.41, 5.74) is 0. The minimum atomic E-state index is 0.163. The van der Waals surface area contributed by atoms with E-state index in [1.807, 2.05) is 23.9 Å². The topological polar surface area (TPSA) is 42.0 Å². The Morgan fingerprint density at radius 1 is 1.47 bits per heavy atom. The van der Waals surface area contributed by atoms with Crippen LogP contribution in [0.4, 0.5) is 0 Å². The second-order valence-corrected chi connectivity index (χ2v) is 4.73. The van der Waals surface area contributed by atoms with E-state index >= 15 is 0 Å². The number of ether oxygens (including phenoxy) is 2. The van der Waals surface area contributed by atoms with Crippen LogP contribution in [0.2, 0.25) is 0 Å². The zero-order valence-corrected chi connectivity index (χ0v) is 11.1. The van der Waals surface area contributed by atoms with Crippen molar-refractivity contribution in [2.75, 3.05) is 60.7 Å². The number of rotatable bonds is 7. The summed E-state index contributed by atoms with van der Waals surface area (Å²) in [4.78, 5) is 15.7. The SMILES string of the molecule is COCCN(C)CC(=O)N(C)C[C@H]1CCOC1. The van der Waals surface area contributed by atoms with Crippen molar-refractivity contribution in [3.63, 3.8) is 0 Å². The van der Waals surface area contributed by atoms with Crippen LogP contribution < -0.4 is 0 Å². The summed E-state index contributed by atoms with van der Waals surface area (Å²) in [5.74, 6) is 0.670. The molecule has 1 atom stereocenters. The Labute approximate surface area is 104 Å². The van der Waals surface area contributed by atoms with E-state index in [0.29, 0.717) is 19.1 Å². The van der Waals surface area contributed by atoms with Crippen molar-refractivity contribution >= 4 is 5.91 Å². The van der Waals surface area contributed by atoms with Crippen molar-refractivity contribution in [1.29, 1.82) is 0 Å². The Morgan fingerprint density at radius 3 is 2.82 bits per heavy atom. The number of methoxy groups -OCH3 is 1. The molecule has 0 aliphatic carbocycles. The number of likely N-dealkylation sites (N-methyl/N-ethyl adjacent to an activating group) is 2. The van der Waals surface area contributed by atoms with Gasteiger partial charge in [0.25, 0.3) is 0 Å². The van der Waals surface area contributed by atoms with Crippen molar-refractivity contribution in [1.82, 2.24) is 9.80 Å². The van der Waals surface area contributed by atoms with Crippen LogP contribution in [-0.4, -0.2) is 76.4 Å². The molecular formula is C12H24N2O3. The monoisotopic (exact) mass is 244 g/mol. The molecule has 1 saturated heterocycles. The van der Waals surface area contributed by atoms with Gasteiger partial charge in [-0.25, -0.2) is 0 Å². The Morgan fingerprint density at radius 2 is 2.24 bits per heavy atom. The molecule has 5 nitrogen and oxygen atoms in total. The summed E-state index contributed by atoms with van der Waals surface area (Å²) >= 11 is 0. The number of hydrogen-bond acceptors (Lipinski definition) is 4. The first-order chi connectivity index (χ1) is 8.13. The van der Waals surface area contributed by atoms with E-state index in [2.05, 4.69) is 0 Å². The first kappa shape index (κ1) is 14.4. The van der Waals surface area contributed by atoms with Crippen LogP contribution in [0.15, 0.2) is 0 Å². The van der Waals surface area contributed by atoms with Gasteiger partial charge >= 0.3 is 0 Å². The zero-order chi connectivity index (χ0) is 12.7. The second kappa shape index (κ2) is 7.63. The summed E-state index contributed by atoms with van der Waals surface area (Å²) in [5, 5.41) is 0. The third kappa shape index (κ3) is 5.48. The number of amides is 1. The first-order valence-electron chi connectivity index (χ1n) is 6.12. The molecule has 0 unspecified atom stereocenters. The highest BCUT2D eigenvalue weighted by atomic mass is 16.5. The smallest absolute Gasteiger partial charge is 0.236 e.